The van der Waals surface area contributed by atoms with Gasteiger partial charge in [-0.05, 0) is 194 Å². The van der Waals surface area contributed by atoms with Crippen LogP contribution < -0.4 is 27.1 Å². The van der Waals surface area contributed by atoms with Gasteiger partial charge in [-0.15, -0.1) is 0 Å². The molecule has 6 aromatic carbocycles. The molecule has 127 heavy (non-hydrogen) atoms. The molecule has 4 unspecified atom stereocenters. The molecule has 9 nitrogen and oxygen atoms in total. The molecule has 0 saturated carbocycles. The van der Waals surface area contributed by atoms with E-state index in [0.717, 1.165) is 146 Å². The maximum atomic E-state index is 7.45. The molecule has 0 heterocycles. The molecule has 0 aromatic heterocycles. The Morgan fingerprint density at radius 3 is 0.693 bits per heavy atom. The zero-order valence-corrected chi connectivity index (χ0v) is 87.6. The Morgan fingerprint density at radius 2 is 0.449 bits per heavy atom. The van der Waals surface area contributed by atoms with Crippen LogP contribution >= 0.6 is 25.8 Å². The number of hydrogen-bond acceptors (Lipinski definition) is 9. The quantitative estimate of drug-likeness (QED) is 0.0274. The van der Waals surface area contributed by atoms with E-state index in [1.54, 1.807) is 0 Å². The van der Waals surface area contributed by atoms with Crippen LogP contribution in [0.1, 0.15) is 504 Å². The Hall–Kier alpha value is -4.71. The van der Waals surface area contributed by atoms with Crippen molar-refractivity contribution in [1.29, 1.82) is 0 Å². The highest BCUT2D eigenvalue weighted by Crippen LogP contribution is 2.54. The minimum absolute atomic E-state index is 0.0785. The molecule has 0 radical (unpaired) electrons. The van der Waals surface area contributed by atoms with Crippen molar-refractivity contribution in [2.75, 3.05) is 19.8 Å². The third-order valence-corrected chi connectivity index (χ3v) is 29.1. The maximum Gasteiger partial charge on any atom is 0.463 e. The van der Waals surface area contributed by atoms with Gasteiger partial charge in [-0.25, -0.2) is 0 Å². The van der Waals surface area contributed by atoms with Crippen molar-refractivity contribution in [3.63, 3.8) is 0 Å². The van der Waals surface area contributed by atoms with E-state index in [1.165, 1.54) is 289 Å². The summed E-state index contributed by atoms with van der Waals surface area (Å²) < 4.78 is 64.6. The molecule has 0 saturated heterocycles. The molecule has 0 amide bonds. The smallest absolute Gasteiger partial charge is 0.417 e. The van der Waals surface area contributed by atoms with Crippen molar-refractivity contribution in [2.24, 2.45) is 0 Å². The lowest BCUT2D eigenvalue weighted by atomic mass is 9.74. The SMILES string of the molecule is CCCCCCCCCCCOP(Oc1ccccc1CCCCCCCCC)Oc1cc(C)c(C(C)CC(c2cc(C(C)(C)C)c(OP(OCCCCCCCCCCC)Oc3ccccc3CCCCCCCCC)cc2C)c2cc(C(C)(C)C)c(OP(OCCCCCCCCCCC)Oc3ccccc3CCCCCCCCC)cc2C)cc1C(C)(C)C. The molecule has 0 spiro atoms. The Labute approximate surface area is 785 Å². The van der Waals surface area contributed by atoms with Crippen LogP contribution in [0.4, 0.5) is 0 Å². The minimum Gasteiger partial charge on any atom is -0.417 e. The summed E-state index contributed by atoms with van der Waals surface area (Å²) in [6.07, 6.45) is 63.7. The number of unbranched alkanes of at least 4 members (excludes halogenated alkanes) is 42. The Bertz CT molecular complexity index is 3670. The predicted molar refractivity (Wildman–Crippen MR) is 553 cm³/mol. The fourth-order valence-corrected chi connectivity index (χ4v) is 21.0. The van der Waals surface area contributed by atoms with E-state index in [4.69, 9.17) is 40.7 Å². The molecule has 0 bridgehead atoms. The number of benzene rings is 6. The molecular formula is C115H187O9P3. The van der Waals surface area contributed by atoms with Crippen LogP contribution in [0.15, 0.2) is 109 Å². The van der Waals surface area contributed by atoms with Crippen LogP contribution in [-0.4, -0.2) is 19.8 Å². The van der Waals surface area contributed by atoms with E-state index in [1.807, 2.05) is 0 Å². The second kappa shape index (κ2) is 65.0. The number of aryl methyl sites for hydroxylation is 6. The summed E-state index contributed by atoms with van der Waals surface area (Å²) in [6.45, 7) is 46.0. The van der Waals surface area contributed by atoms with Gasteiger partial charge >= 0.3 is 25.8 Å². The van der Waals surface area contributed by atoms with Crippen molar-refractivity contribution in [3.05, 3.63) is 176 Å². The second-order valence-electron chi connectivity index (χ2n) is 40.7. The van der Waals surface area contributed by atoms with Crippen molar-refractivity contribution >= 4 is 25.8 Å². The number of rotatable bonds is 74. The Kier molecular flexibility index (Phi) is 56.8. The molecule has 0 aliphatic heterocycles. The van der Waals surface area contributed by atoms with Crippen LogP contribution in [0.25, 0.3) is 0 Å². The van der Waals surface area contributed by atoms with Gasteiger partial charge in [-0.2, -0.15) is 0 Å². The van der Waals surface area contributed by atoms with Crippen molar-refractivity contribution < 1.29 is 40.7 Å². The van der Waals surface area contributed by atoms with Crippen LogP contribution in [0.2, 0.25) is 0 Å². The maximum absolute atomic E-state index is 7.45. The van der Waals surface area contributed by atoms with Gasteiger partial charge in [0.2, 0.25) is 0 Å². The molecule has 6 aromatic rings. The van der Waals surface area contributed by atoms with Crippen molar-refractivity contribution in [3.8, 4) is 34.5 Å². The summed E-state index contributed by atoms with van der Waals surface area (Å²) in [5.74, 6) is 5.06. The predicted octanol–water partition coefficient (Wildman–Crippen LogP) is 39.4. The first kappa shape index (κ1) is 111. The highest BCUT2D eigenvalue weighted by molar-refractivity contribution is 7.43. The summed E-state index contributed by atoms with van der Waals surface area (Å²) in [4.78, 5) is 0. The van der Waals surface area contributed by atoms with E-state index in [9.17, 15) is 0 Å². The number of hydrogen-bond donors (Lipinski definition) is 0. The average molecular weight is 1810 g/mol. The van der Waals surface area contributed by atoms with Gasteiger partial charge in [0.25, 0.3) is 0 Å². The average Bonchev–Trinajstić information content (AvgIpc) is 0.760. The molecule has 0 aliphatic rings. The first-order valence-corrected chi connectivity index (χ1v) is 55.8. The highest BCUT2D eigenvalue weighted by Gasteiger charge is 2.35. The molecular weight excluding hydrogens is 1620 g/mol. The molecule has 12 heteroatoms. The standard InChI is InChI=1S/C115H187O9P3/c1-20-26-32-38-44-47-53-59-71-83-116-125(119-107-80-68-65-77-97(107)74-62-56-50-41-35-29-23-4)122-110-87-94(8)100(90-104(110)113(11,12)13)93(7)86-103(101-91-105(114(14,15)16)111(88-95(101)9)123-126(117-84-72-60-54-48-45-39-33-27-21-2)120-108-81-69-66-78-98(108)75-63-57-51-42-36-30-24-5)102-92-106(115(17,18)19)112(89-96(102)10)124-127(118-85-73-61-55-49-46-40-34-28-22-3)121-109-82-70-67-79-99(109)76-64-58-52-43-37-31-25-6/h65-70,77-82,87-93,103H,20-64,71-76,83-86H2,1-19H3. The lowest BCUT2D eigenvalue weighted by molar-refractivity contribution is 0.255. The second-order valence-corrected chi connectivity index (χ2v) is 43.9. The molecule has 0 aliphatic carbocycles. The van der Waals surface area contributed by atoms with Gasteiger partial charge in [0.15, 0.2) is 0 Å². The van der Waals surface area contributed by atoms with E-state index >= 15 is 0 Å². The minimum atomic E-state index is -1.86. The van der Waals surface area contributed by atoms with Gasteiger partial charge in [0, 0.05) is 22.6 Å². The molecule has 716 valence electrons. The molecule has 6 rings (SSSR count). The topological polar surface area (TPSA) is 83.1 Å². The van der Waals surface area contributed by atoms with Gasteiger partial charge in [0.05, 0.1) is 19.8 Å². The fraction of sp³-hybridized carbons (Fsp3) is 0.687. The summed E-state index contributed by atoms with van der Waals surface area (Å²) in [7, 11) is -5.55. The van der Waals surface area contributed by atoms with Crippen molar-refractivity contribution in [1.82, 2.24) is 0 Å². The largest absolute Gasteiger partial charge is 0.463 e. The lowest BCUT2D eigenvalue weighted by Gasteiger charge is -2.33. The van der Waals surface area contributed by atoms with Gasteiger partial charge in [-0.1, -0.05) is 453 Å². The Balaban J connectivity index is 1.49. The normalized spacial score (nSPS) is 13.3. The van der Waals surface area contributed by atoms with Gasteiger partial charge < -0.3 is 27.1 Å². The van der Waals surface area contributed by atoms with E-state index in [-0.39, 0.29) is 28.1 Å². The third kappa shape index (κ3) is 44.3. The third-order valence-electron chi connectivity index (χ3n) is 25.8. The summed E-state index contributed by atoms with van der Waals surface area (Å²) in [5, 5.41) is 0. The van der Waals surface area contributed by atoms with Gasteiger partial charge in [-0.3, -0.25) is 13.6 Å². The molecule has 4 atom stereocenters. The van der Waals surface area contributed by atoms with Crippen LogP contribution in [0.5, 0.6) is 34.5 Å². The fourth-order valence-electron chi connectivity index (χ4n) is 17.8. The highest BCUT2D eigenvalue weighted by atomic mass is 31.2. The zero-order chi connectivity index (χ0) is 91.8. The summed E-state index contributed by atoms with van der Waals surface area (Å²) >= 11 is 0. The lowest BCUT2D eigenvalue weighted by Crippen LogP contribution is -2.19. The van der Waals surface area contributed by atoms with Crippen LogP contribution in [0, 0.1) is 20.8 Å². The van der Waals surface area contributed by atoms with Gasteiger partial charge in [0.1, 0.15) is 34.5 Å². The molecule has 0 N–H and O–H groups in total. The van der Waals surface area contributed by atoms with Crippen LogP contribution in [0.3, 0.4) is 0 Å². The first-order chi connectivity index (χ1) is 61.4. The van der Waals surface area contributed by atoms with E-state index < -0.39 is 25.8 Å². The first-order valence-electron chi connectivity index (χ1n) is 52.5. The zero-order valence-electron chi connectivity index (χ0n) is 85.0. The summed E-state index contributed by atoms with van der Waals surface area (Å²) in [6, 6.07) is 40.4. The Morgan fingerprint density at radius 1 is 0.244 bits per heavy atom. The molecule has 0 fully saturated rings. The monoisotopic (exact) mass is 1810 g/mol. The van der Waals surface area contributed by atoms with Crippen LogP contribution in [-0.2, 0) is 49.1 Å². The summed E-state index contributed by atoms with van der Waals surface area (Å²) in [5.41, 5.74) is 13.5. The van der Waals surface area contributed by atoms with E-state index in [0.29, 0.717) is 19.8 Å². The van der Waals surface area contributed by atoms with E-state index in [2.05, 4.69) is 241 Å². The van der Waals surface area contributed by atoms with Crippen molar-refractivity contribution in [2.45, 2.75) is 494 Å². The number of para-hydroxylation sites is 3.